The molecule has 6 heteroatoms. The lowest BCUT2D eigenvalue weighted by molar-refractivity contribution is -0.123. The van der Waals surface area contributed by atoms with Gasteiger partial charge in [-0.25, -0.2) is 4.98 Å². The zero-order valence-corrected chi connectivity index (χ0v) is 16.8. The van der Waals surface area contributed by atoms with Gasteiger partial charge in [0.15, 0.2) is 0 Å². The van der Waals surface area contributed by atoms with E-state index in [0.717, 1.165) is 50.1 Å². The van der Waals surface area contributed by atoms with Crippen LogP contribution in [0.15, 0.2) is 41.9 Å². The fraction of sp³-hybridized carbons (Fsp3) is 0.500. The Kier molecular flexibility index (Phi) is 6.05. The fourth-order valence-corrected chi connectivity index (χ4v) is 4.82. The Labute approximate surface area is 170 Å². The van der Waals surface area contributed by atoms with Gasteiger partial charge in [0.2, 0.25) is 5.91 Å². The van der Waals surface area contributed by atoms with E-state index in [4.69, 9.17) is 0 Å². The van der Waals surface area contributed by atoms with Crippen molar-refractivity contribution in [3.63, 3.8) is 0 Å². The van der Waals surface area contributed by atoms with Crippen LogP contribution in [0.3, 0.4) is 0 Å². The second-order valence-electron chi connectivity index (χ2n) is 7.99. The van der Waals surface area contributed by atoms with Gasteiger partial charge >= 0.3 is 0 Å². The van der Waals surface area contributed by atoms with Gasteiger partial charge in [-0.15, -0.1) is 11.3 Å². The predicted molar refractivity (Wildman–Crippen MR) is 110 cm³/mol. The number of amides is 2. The molecule has 2 aromatic rings. The number of carbonyl (C=O) groups excluding carboxylic acids is 2. The van der Waals surface area contributed by atoms with Gasteiger partial charge in [-0.1, -0.05) is 18.2 Å². The number of rotatable bonds is 7. The maximum Gasteiger partial charge on any atom is 0.251 e. The molecule has 1 aromatic carbocycles. The molecule has 2 aliphatic rings. The Morgan fingerprint density at radius 2 is 1.82 bits per heavy atom. The Bertz CT molecular complexity index is 781. The van der Waals surface area contributed by atoms with Gasteiger partial charge < -0.3 is 10.6 Å². The third kappa shape index (κ3) is 4.79. The van der Waals surface area contributed by atoms with E-state index < -0.39 is 0 Å². The van der Waals surface area contributed by atoms with E-state index in [-0.39, 0.29) is 23.8 Å². The predicted octanol–water partition coefficient (Wildman–Crippen LogP) is 3.95. The van der Waals surface area contributed by atoms with Crippen LogP contribution in [0.1, 0.15) is 59.9 Å². The SMILES string of the molecule is O=C(NCC1CCC(C(NC(=O)C2CC2)c2nccs2)CC1)c1ccccc1. The summed E-state index contributed by atoms with van der Waals surface area (Å²) in [5, 5.41) is 9.36. The second kappa shape index (κ2) is 8.86. The molecule has 0 spiro atoms. The van der Waals surface area contributed by atoms with E-state index in [9.17, 15) is 9.59 Å². The molecule has 2 N–H and O–H groups in total. The highest BCUT2D eigenvalue weighted by atomic mass is 32.1. The molecule has 0 radical (unpaired) electrons. The van der Waals surface area contributed by atoms with Crippen molar-refractivity contribution in [3.05, 3.63) is 52.5 Å². The highest BCUT2D eigenvalue weighted by Crippen LogP contribution is 2.38. The summed E-state index contributed by atoms with van der Waals surface area (Å²) in [4.78, 5) is 29.1. The minimum absolute atomic E-state index is 0.0000762. The van der Waals surface area contributed by atoms with Crippen molar-refractivity contribution in [2.75, 3.05) is 6.54 Å². The van der Waals surface area contributed by atoms with Crippen molar-refractivity contribution in [3.8, 4) is 0 Å². The number of carbonyl (C=O) groups is 2. The van der Waals surface area contributed by atoms with Crippen LogP contribution in [0.4, 0.5) is 0 Å². The summed E-state index contributed by atoms with van der Waals surface area (Å²) in [6, 6.07) is 9.40. The fourth-order valence-electron chi connectivity index (χ4n) is 4.04. The minimum atomic E-state index is 0.0000762. The largest absolute Gasteiger partial charge is 0.352 e. The van der Waals surface area contributed by atoms with E-state index in [2.05, 4.69) is 15.6 Å². The molecular formula is C22H27N3O2S. The first-order valence-corrected chi connectivity index (χ1v) is 11.1. The first kappa shape index (κ1) is 19.1. The molecule has 1 heterocycles. The molecule has 1 atom stereocenters. The Hall–Kier alpha value is -2.21. The second-order valence-corrected chi connectivity index (χ2v) is 8.91. The Morgan fingerprint density at radius 1 is 1.07 bits per heavy atom. The van der Waals surface area contributed by atoms with Crippen LogP contribution in [-0.2, 0) is 4.79 Å². The third-order valence-electron chi connectivity index (χ3n) is 5.91. The lowest BCUT2D eigenvalue weighted by atomic mass is 9.78. The summed E-state index contributed by atoms with van der Waals surface area (Å²) < 4.78 is 0. The number of nitrogens with zero attached hydrogens (tertiary/aromatic N) is 1. The van der Waals surface area contributed by atoms with Gasteiger partial charge in [-0.2, -0.15) is 0 Å². The molecule has 1 aromatic heterocycles. The Morgan fingerprint density at radius 3 is 2.46 bits per heavy atom. The van der Waals surface area contributed by atoms with Crippen molar-refractivity contribution in [1.29, 1.82) is 0 Å². The normalized spacial score (nSPS) is 23.0. The molecule has 2 aliphatic carbocycles. The molecule has 0 saturated heterocycles. The van der Waals surface area contributed by atoms with Gasteiger partial charge in [-0.05, 0) is 62.5 Å². The van der Waals surface area contributed by atoms with E-state index in [1.807, 2.05) is 41.9 Å². The van der Waals surface area contributed by atoms with Crippen molar-refractivity contribution in [2.45, 2.75) is 44.6 Å². The molecule has 2 saturated carbocycles. The zero-order valence-electron chi connectivity index (χ0n) is 16.0. The van der Waals surface area contributed by atoms with Gasteiger partial charge in [0.1, 0.15) is 5.01 Å². The van der Waals surface area contributed by atoms with Crippen LogP contribution >= 0.6 is 11.3 Å². The van der Waals surface area contributed by atoms with Crippen molar-refractivity contribution < 1.29 is 9.59 Å². The van der Waals surface area contributed by atoms with Gasteiger partial charge in [0.25, 0.3) is 5.91 Å². The molecule has 28 heavy (non-hydrogen) atoms. The zero-order chi connectivity index (χ0) is 19.3. The lowest BCUT2D eigenvalue weighted by Gasteiger charge is -2.33. The third-order valence-corrected chi connectivity index (χ3v) is 6.77. The Balaban J connectivity index is 1.29. The molecule has 2 amide bonds. The monoisotopic (exact) mass is 397 g/mol. The highest BCUT2D eigenvalue weighted by molar-refractivity contribution is 7.09. The van der Waals surface area contributed by atoms with Crippen LogP contribution in [0.2, 0.25) is 0 Å². The first-order valence-electron chi connectivity index (χ1n) is 10.2. The summed E-state index contributed by atoms with van der Waals surface area (Å²) >= 11 is 1.63. The van der Waals surface area contributed by atoms with E-state index in [1.165, 1.54) is 0 Å². The molecular weight excluding hydrogens is 370 g/mol. The molecule has 2 fully saturated rings. The summed E-state index contributed by atoms with van der Waals surface area (Å²) in [5.41, 5.74) is 0.711. The van der Waals surface area contributed by atoms with Crippen LogP contribution in [-0.4, -0.2) is 23.3 Å². The molecule has 0 bridgehead atoms. The number of nitrogens with one attached hydrogen (secondary N) is 2. The number of benzene rings is 1. The molecule has 5 nitrogen and oxygen atoms in total. The van der Waals surface area contributed by atoms with Gasteiger partial charge in [0, 0.05) is 29.6 Å². The maximum absolute atomic E-state index is 12.3. The van der Waals surface area contributed by atoms with Crippen molar-refractivity contribution in [1.82, 2.24) is 15.6 Å². The summed E-state index contributed by atoms with van der Waals surface area (Å²) in [6.07, 6.45) is 8.11. The van der Waals surface area contributed by atoms with Crippen LogP contribution in [0.25, 0.3) is 0 Å². The van der Waals surface area contributed by atoms with Crippen LogP contribution in [0.5, 0.6) is 0 Å². The van der Waals surface area contributed by atoms with Crippen molar-refractivity contribution in [2.24, 2.45) is 17.8 Å². The minimum Gasteiger partial charge on any atom is -0.352 e. The van der Waals surface area contributed by atoms with E-state index in [0.29, 0.717) is 17.4 Å². The number of hydrogen-bond acceptors (Lipinski definition) is 4. The smallest absolute Gasteiger partial charge is 0.251 e. The van der Waals surface area contributed by atoms with Crippen LogP contribution < -0.4 is 10.6 Å². The quantitative estimate of drug-likeness (QED) is 0.743. The van der Waals surface area contributed by atoms with Crippen LogP contribution in [0, 0.1) is 17.8 Å². The highest BCUT2D eigenvalue weighted by Gasteiger charge is 2.35. The number of hydrogen-bond donors (Lipinski definition) is 2. The summed E-state index contributed by atoms with van der Waals surface area (Å²) in [5.74, 6) is 1.33. The summed E-state index contributed by atoms with van der Waals surface area (Å²) in [6.45, 7) is 0.719. The number of aromatic nitrogens is 1. The van der Waals surface area contributed by atoms with Crippen molar-refractivity contribution >= 4 is 23.2 Å². The lowest BCUT2D eigenvalue weighted by Crippen LogP contribution is -2.37. The average Bonchev–Trinajstić information content (AvgIpc) is 3.46. The number of thiazole rings is 1. The summed E-state index contributed by atoms with van der Waals surface area (Å²) in [7, 11) is 0. The first-order chi connectivity index (χ1) is 13.7. The van der Waals surface area contributed by atoms with Gasteiger partial charge in [-0.3, -0.25) is 9.59 Å². The van der Waals surface area contributed by atoms with Gasteiger partial charge in [0.05, 0.1) is 6.04 Å². The molecule has 4 rings (SSSR count). The van der Waals surface area contributed by atoms with E-state index in [1.54, 1.807) is 11.3 Å². The molecule has 1 unspecified atom stereocenters. The molecule has 148 valence electrons. The van der Waals surface area contributed by atoms with E-state index >= 15 is 0 Å². The topological polar surface area (TPSA) is 71.1 Å². The average molecular weight is 398 g/mol. The molecule has 0 aliphatic heterocycles. The standard InChI is InChI=1S/C22H27N3O2S/c26-20(17-4-2-1-3-5-17)24-14-15-6-8-16(9-7-15)19(22-23-12-13-28-22)25-21(27)18-10-11-18/h1-5,12-13,15-16,18-19H,6-11,14H2,(H,24,26)(H,25,27). The maximum atomic E-state index is 12.3.